The van der Waals surface area contributed by atoms with E-state index in [1.54, 1.807) is 12.1 Å². The zero-order chi connectivity index (χ0) is 15.2. The molecular formula is C14H15N3O3S. The molecule has 1 aromatic heterocycles. The molecule has 0 atom stereocenters. The quantitative estimate of drug-likeness (QED) is 0.652. The number of hydrogen-bond acceptors (Lipinski definition) is 6. The fraction of sp³-hybridized carbons (Fsp3) is 0.214. The number of hydrogen-bond donors (Lipinski definition) is 2. The number of aromatic hydroxyl groups is 1. The third-order valence-corrected chi connectivity index (χ3v) is 3.44. The number of ether oxygens (including phenoxy) is 1. The minimum Gasteiger partial charge on any atom is -0.504 e. The van der Waals surface area contributed by atoms with Crippen molar-refractivity contribution in [3.8, 4) is 11.5 Å². The Morgan fingerprint density at radius 1 is 1.57 bits per heavy atom. The molecule has 0 aliphatic carbocycles. The van der Waals surface area contributed by atoms with Gasteiger partial charge in [0.25, 0.3) is 0 Å². The molecule has 1 amide bonds. The van der Waals surface area contributed by atoms with Gasteiger partial charge in [-0.2, -0.15) is 5.10 Å². The lowest BCUT2D eigenvalue weighted by atomic mass is 10.2. The van der Waals surface area contributed by atoms with E-state index in [1.807, 2.05) is 12.3 Å². The molecule has 2 N–H and O–H groups in total. The van der Waals surface area contributed by atoms with Crippen molar-refractivity contribution in [3.05, 3.63) is 39.8 Å². The van der Waals surface area contributed by atoms with Crippen LogP contribution in [-0.4, -0.2) is 29.3 Å². The Bertz CT molecular complexity index is 667. The normalized spacial score (nSPS) is 10.8. The standard InChI is InChI=1S/C14H15N3O3S/c1-9-16-11(8-21-9)6-14(19)17-15-7-10-3-4-12(18)13(5-10)20-2/h3-5,7-8,18H,6H2,1-2H3,(H,17,19). The molecule has 2 aromatic rings. The number of carbonyl (C=O) groups excluding carboxylic acids is 1. The van der Waals surface area contributed by atoms with Crippen molar-refractivity contribution >= 4 is 23.5 Å². The summed E-state index contributed by atoms with van der Waals surface area (Å²) in [5.74, 6) is 0.170. The Morgan fingerprint density at radius 3 is 3.05 bits per heavy atom. The fourth-order valence-electron chi connectivity index (χ4n) is 1.65. The molecule has 6 nitrogen and oxygen atoms in total. The molecule has 0 unspecified atom stereocenters. The van der Waals surface area contributed by atoms with E-state index in [0.717, 1.165) is 10.7 Å². The van der Waals surface area contributed by atoms with Gasteiger partial charge in [0.2, 0.25) is 5.91 Å². The minimum absolute atomic E-state index is 0.0533. The van der Waals surface area contributed by atoms with Crippen LogP contribution in [-0.2, 0) is 11.2 Å². The van der Waals surface area contributed by atoms with Gasteiger partial charge in [-0.05, 0) is 30.7 Å². The number of aryl methyl sites for hydroxylation is 1. The van der Waals surface area contributed by atoms with E-state index in [0.29, 0.717) is 11.3 Å². The number of phenols is 1. The van der Waals surface area contributed by atoms with Gasteiger partial charge < -0.3 is 9.84 Å². The van der Waals surface area contributed by atoms with Crippen molar-refractivity contribution < 1.29 is 14.6 Å². The Kier molecular flexibility index (Phi) is 4.89. The molecule has 0 bridgehead atoms. The van der Waals surface area contributed by atoms with E-state index >= 15 is 0 Å². The summed E-state index contributed by atoms with van der Waals surface area (Å²) in [6.45, 7) is 1.89. The maximum atomic E-state index is 11.7. The highest BCUT2D eigenvalue weighted by molar-refractivity contribution is 7.09. The van der Waals surface area contributed by atoms with Gasteiger partial charge in [0, 0.05) is 5.38 Å². The van der Waals surface area contributed by atoms with E-state index < -0.39 is 0 Å². The molecular weight excluding hydrogens is 290 g/mol. The van der Waals surface area contributed by atoms with Crippen LogP contribution in [0, 0.1) is 6.92 Å². The highest BCUT2D eigenvalue weighted by atomic mass is 32.1. The summed E-state index contributed by atoms with van der Waals surface area (Å²) in [7, 11) is 1.47. The van der Waals surface area contributed by atoms with Crippen molar-refractivity contribution in [2.45, 2.75) is 13.3 Å². The SMILES string of the molecule is COc1cc(C=NNC(=O)Cc2csc(C)n2)ccc1O. The molecule has 7 heteroatoms. The third kappa shape index (κ3) is 4.28. The number of nitrogens with zero attached hydrogens (tertiary/aromatic N) is 2. The van der Waals surface area contributed by atoms with Crippen LogP contribution < -0.4 is 10.2 Å². The van der Waals surface area contributed by atoms with Gasteiger partial charge >= 0.3 is 0 Å². The smallest absolute Gasteiger partial charge is 0.246 e. The van der Waals surface area contributed by atoms with E-state index in [9.17, 15) is 9.90 Å². The maximum Gasteiger partial charge on any atom is 0.246 e. The molecule has 0 aliphatic heterocycles. The Hall–Kier alpha value is -2.41. The average Bonchev–Trinajstić information content (AvgIpc) is 2.86. The first-order valence-electron chi connectivity index (χ1n) is 6.18. The van der Waals surface area contributed by atoms with Crippen LogP contribution in [0.15, 0.2) is 28.7 Å². The second-order valence-corrected chi connectivity index (χ2v) is 5.32. The fourth-order valence-corrected chi connectivity index (χ4v) is 2.26. The van der Waals surface area contributed by atoms with E-state index in [2.05, 4.69) is 15.5 Å². The molecule has 2 rings (SSSR count). The number of carbonyl (C=O) groups is 1. The first-order chi connectivity index (χ1) is 10.1. The van der Waals surface area contributed by atoms with Gasteiger partial charge in [-0.15, -0.1) is 11.3 Å². The number of methoxy groups -OCH3 is 1. The van der Waals surface area contributed by atoms with E-state index in [4.69, 9.17) is 4.74 Å². The van der Waals surface area contributed by atoms with Crippen LogP contribution in [0.1, 0.15) is 16.3 Å². The number of hydrazone groups is 1. The molecule has 0 fully saturated rings. The van der Waals surface area contributed by atoms with Crippen LogP contribution in [0.5, 0.6) is 11.5 Å². The number of benzene rings is 1. The zero-order valence-corrected chi connectivity index (χ0v) is 12.5. The van der Waals surface area contributed by atoms with Gasteiger partial charge in [0.1, 0.15) is 0 Å². The van der Waals surface area contributed by atoms with Crippen molar-refractivity contribution in [1.82, 2.24) is 10.4 Å². The van der Waals surface area contributed by atoms with Gasteiger partial charge in [-0.3, -0.25) is 4.79 Å². The summed E-state index contributed by atoms with van der Waals surface area (Å²) >= 11 is 1.51. The molecule has 21 heavy (non-hydrogen) atoms. The van der Waals surface area contributed by atoms with Crippen LogP contribution in [0.3, 0.4) is 0 Å². The first kappa shape index (κ1) is 15.0. The number of amides is 1. The first-order valence-corrected chi connectivity index (χ1v) is 7.06. The lowest BCUT2D eigenvalue weighted by Gasteiger charge is -2.03. The van der Waals surface area contributed by atoms with Crippen LogP contribution in [0.4, 0.5) is 0 Å². The second-order valence-electron chi connectivity index (χ2n) is 4.26. The number of rotatable bonds is 5. The lowest BCUT2D eigenvalue weighted by molar-refractivity contribution is -0.120. The second kappa shape index (κ2) is 6.85. The summed E-state index contributed by atoms with van der Waals surface area (Å²) in [4.78, 5) is 15.9. The number of phenolic OH excluding ortho intramolecular Hbond substituents is 1. The molecule has 0 spiro atoms. The molecule has 0 saturated heterocycles. The average molecular weight is 305 g/mol. The van der Waals surface area contributed by atoms with Gasteiger partial charge in [0.15, 0.2) is 11.5 Å². The largest absolute Gasteiger partial charge is 0.504 e. The summed E-state index contributed by atoms with van der Waals surface area (Å²) in [6, 6.07) is 4.78. The van der Waals surface area contributed by atoms with E-state index in [-0.39, 0.29) is 18.1 Å². The predicted molar refractivity (Wildman–Crippen MR) is 81.0 cm³/mol. The molecule has 0 radical (unpaired) electrons. The molecule has 0 aliphatic rings. The lowest BCUT2D eigenvalue weighted by Crippen LogP contribution is -2.19. The van der Waals surface area contributed by atoms with Gasteiger partial charge in [0.05, 0.1) is 30.4 Å². The Morgan fingerprint density at radius 2 is 2.38 bits per heavy atom. The monoisotopic (exact) mass is 305 g/mol. The molecule has 0 saturated carbocycles. The minimum atomic E-state index is -0.234. The number of nitrogens with one attached hydrogen (secondary N) is 1. The highest BCUT2D eigenvalue weighted by Gasteiger charge is 2.05. The summed E-state index contributed by atoms with van der Waals surface area (Å²) < 4.78 is 4.99. The number of thiazole rings is 1. The number of aromatic nitrogens is 1. The predicted octanol–water partition coefficient (Wildman–Crippen LogP) is 1.86. The third-order valence-electron chi connectivity index (χ3n) is 2.61. The van der Waals surface area contributed by atoms with Crippen molar-refractivity contribution in [2.24, 2.45) is 5.10 Å². The summed E-state index contributed by atoms with van der Waals surface area (Å²) in [6.07, 6.45) is 1.67. The topological polar surface area (TPSA) is 83.8 Å². The highest BCUT2D eigenvalue weighted by Crippen LogP contribution is 2.25. The van der Waals surface area contributed by atoms with Crippen molar-refractivity contribution in [1.29, 1.82) is 0 Å². The van der Waals surface area contributed by atoms with Gasteiger partial charge in [-0.25, -0.2) is 10.4 Å². The van der Waals surface area contributed by atoms with Crippen molar-refractivity contribution in [2.75, 3.05) is 7.11 Å². The summed E-state index contributed by atoms with van der Waals surface area (Å²) in [5, 5.41) is 16.1. The van der Waals surface area contributed by atoms with Crippen LogP contribution in [0.25, 0.3) is 0 Å². The van der Waals surface area contributed by atoms with E-state index in [1.165, 1.54) is 30.7 Å². The van der Waals surface area contributed by atoms with Gasteiger partial charge in [-0.1, -0.05) is 0 Å². The summed E-state index contributed by atoms with van der Waals surface area (Å²) in [5.41, 5.74) is 3.87. The molecule has 1 aromatic carbocycles. The Labute approximate surface area is 126 Å². The van der Waals surface area contributed by atoms with Crippen molar-refractivity contribution in [3.63, 3.8) is 0 Å². The molecule has 1 heterocycles. The maximum absolute atomic E-state index is 11.7. The van der Waals surface area contributed by atoms with Crippen LogP contribution in [0.2, 0.25) is 0 Å². The van der Waals surface area contributed by atoms with Crippen LogP contribution >= 0.6 is 11.3 Å². The zero-order valence-electron chi connectivity index (χ0n) is 11.7. The Balaban J connectivity index is 1.91. The molecule has 110 valence electrons.